The quantitative estimate of drug-likeness (QED) is 0.0476. The van der Waals surface area contributed by atoms with Crippen molar-refractivity contribution >= 4 is 17.1 Å². The number of hydrogen-bond acceptors (Lipinski definition) is 2. The van der Waals surface area contributed by atoms with Gasteiger partial charge in [-0.05, 0) is 244 Å². The number of unbranched alkanes of at least 4 members (excludes halogenated alkanes) is 12. The molecule has 2 nitrogen and oxygen atoms in total. The van der Waals surface area contributed by atoms with Crippen LogP contribution in [-0.4, -0.2) is 0 Å². The largest absolute Gasteiger partial charge is 0.453 e. The molecule has 0 aromatic heterocycles. The molecule has 1 aliphatic heterocycles. The fourth-order valence-electron chi connectivity index (χ4n) is 12.1. The summed E-state index contributed by atoms with van der Waals surface area (Å²) in [6, 6.07) is 72.9. The van der Waals surface area contributed by atoms with Crippen LogP contribution in [-0.2, 0) is 25.7 Å². The highest BCUT2D eigenvalue weighted by Gasteiger charge is 2.27. The molecule has 0 radical (unpaired) electrons. The van der Waals surface area contributed by atoms with E-state index in [1.54, 1.807) is 0 Å². The second-order valence-electron chi connectivity index (χ2n) is 23.8. The monoisotopic (exact) mass is 1080 g/mol. The third kappa shape index (κ3) is 14.8. The Hall–Kier alpha value is -7.42. The average molecular weight is 1080 g/mol. The molecule has 420 valence electrons. The Morgan fingerprint density at radius 3 is 0.780 bits per heavy atom. The summed E-state index contributed by atoms with van der Waals surface area (Å²) in [5.74, 6) is 1.73. The molecule has 2 heteroatoms. The first-order valence-corrected chi connectivity index (χ1v) is 31.8. The summed E-state index contributed by atoms with van der Waals surface area (Å²) in [5.41, 5.74) is 25.7. The summed E-state index contributed by atoms with van der Waals surface area (Å²) >= 11 is 0. The minimum Gasteiger partial charge on any atom is -0.453 e. The molecule has 10 rings (SSSR count). The second kappa shape index (κ2) is 28.5. The van der Waals surface area contributed by atoms with Crippen LogP contribution in [0.2, 0.25) is 0 Å². The number of ether oxygens (including phenoxy) is 1. The fourth-order valence-corrected chi connectivity index (χ4v) is 12.1. The number of aryl methyl sites for hydroxylation is 6. The van der Waals surface area contributed by atoms with Crippen LogP contribution in [0, 0.1) is 13.8 Å². The van der Waals surface area contributed by atoms with Crippen LogP contribution >= 0.6 is 0 Å². The molecule has 1 heterocycles. The van der Waals surface area contributed by atoms with Crippen LogP contribution in [0.5, 0.6) is 11.5 Å². The summed E-state index contributed by atoms with van der Waals surface area (Å²) < 4.78 is 6.80. The minimum atomic E-state index is 0.865. The third-order valence-electron chi connectivity index (χ3n) is 17.1. The molecule has 82 heavy (non-hydrogen) atoms. The summed E-state index contributed by atoms with van der Waals surface area (Å²) in [7, 11) is 0. The first kappa shape index (κ1) is 57.8. The normalized spacial score (nSPS) is 11.9. The van der Waals surface area contributed by atoms with Crippen molar-refractivity contribution in [2.24, 2.45) is 0 Å². The zero-order valence-corrected chi connectivity index (χ0v) is 50.4. The van der Waals surface area contributed by atoms with Crippen molar-refractivity contribution in [3.63, 3.8) is 0 Å². The van der Waals surface area contributed by atoms with Crippen LogP contribution in [0.15, 0.2) is 188 Å². The van der Waals surface area contributed by atoms with Crippen LogP contribution < -0.4 is 9.64 Å². The molecule has 1 aliphatic rings. The highest BCUT2D eigenvalue weighted by Crippen LogP contribution is 2.52. The molecule has 9 aromatic rings. The highest BCUT2D eigenvalue weighted by molar-refractivity contribution is 5.93. The van der Waals surface area contributed by atoms with E-state index in [0.717, 1.165) is 65.4 Å². The first-order chi connectivity index (χ1) is 40.2. The standard InChI is InChI=1S/C80H89NO/c1-7-11-15-19-23-60-29-37-64(38-30-60)68-49-69(65-39-31-61(32-40-65)24-20-16-12-8-2)52-72(51-68)74-55-75(57-76(56-74)81-77-45-27-58(5)47-79(77)82-80-48-59(6)28-46-78(80)81)73-53-70(66-41-33-62(34-42-66)25-21-17-13-9-3)50-71(54-73)67-43-35-63(36-44-67)26-22-18-14-10-4/h27-57H,7-26H2,1-6H3. The Morgan fingerprint density at radius 1 is 0.256 bits per heavy atom. The molecule has 0 N–H and O–H groups in total. The molecule has 0 saturated carbocycles. The second-order valence-corrected chi connectivity index (χ2v) is 23.8. The number of fused-ring (bicyclic) bond motifs is 2. The zero-order chi connectivity index (χ0) is 56.6. The van der Waals surface area contributed by atoms with E-state index in [4.69, 9.17) is 4.74 Å². The average Bonchev–Trinajstić information content (AvgIpc) is 3.68. The van der Waals surface area contributed by atoms with E-state index >= 15 is 0 Å². The summed E-state index contributed by atoms with van der Waals surface area (Å²) in [4.78, 5) is 2.44. The van der Waals surface area contributed by atoms with E-state index in [-0.39, 0.29) is 0 Å². The Labute approximate surface area is 493 Å². The molecule has 9 aromatic carbocycles. The van der Waals surface area contributed by atoms with Crippen molar-refractivity contribution in [1.29, 1.82) is 0 Å². The molecular formula is C80H89NO. The third-order valence-corrected chi connectivity index (χ3v) is 17.1. The molecule has 0 aliphatic carbocycles. The summed E-state index contributed by atoms with van der Waals surface area (Å²) in [6.07, 6.45) is 24.8. The molecule has 0 unspecified atom stereocenters. The first-order valence-electron chi connectivity index (χ1n) is 31.8. The van der Waals surface area contributed by atoms with E-state index in [2.05, 4.69) is 234 Å². The maximum Gasteiger partial charge on any atom is 0.151 e. The van der Waals surface area contributed by atoms with Crippen molar-refractivity contribution in [3.05, 3.63) is 221 Å². The van der Waals surface area contributed by atoms with Gasteiger partial charge in [0.2, 0.25) is 0 Å². The zero-order valence-electron chi connectivity index (χ0n) is 50.4. The molecule has 0 amide bonds. The van der Waals surface area contributed by atoms with Gasteiger partial charge < -0.3 is 9.64 Å². The van der Waals surface area contributed by atoms with Gasteiger partial charge in [-0.25, -0.2) is 0 Å². The van der Waals surface area contributed by atoms with Crippen molar-refractivity contribution in [2.75, 3.05) is 4.90 Å². The van der Waals surface area contributed by atoms with Crippen molar-refractivity contribution < 1.29 is 4.74 Å². The van der Waals surface area contributed by atoms with Gasteiger partial charge in [0, 0.05) is 5.69 Å². The van der Waals surface area contributed by atoms with Crippen molar-refractivity contribution in [3.8, 4) is 78.3 Å². The lowest BCUT2D eigenvalue weighted by atomic mass is 9.89. The maximum absolute atomic E-state index is 6.80. The van der Waals surface area contributed by atoms with Gasteiger partial charge in [0.25, 0.3) is 0 Å². The summed E-state index contributed by atoms with van der Waals surface area (Å²) in [6.45, 7) is 13.5. The maximum atomic E-state index is 6.80. The minimum absolute atomic E-state index is 0.865. The number of anilines is 3. The Bertz CT molecular complexity index is 3110. The van der Waals surface area contributed by atoms with E-state index in [0.29, 0.717) is 0 Å². The highest BCUT2D eigenvalue weighted by atomic mass is 16.5. The van der Waals surface area contributed by atoms with E-state index in [1.165, 1.54) is 192 Å². The van der Waals surface area contributed by atoms with Gasteiger partial charge in [-0.2, -0.15) is 0 Å². The lowest BCUT2D eigenvalue weighted by Crippen LogP contribution is -2.16. The SMILES string of the molecule is CCCCCCc1ccc(-c2cc(-c3ccc(CCCCCC)cc3)cc(-c3cc(-c4cc(-c5ccc(CCCCCC)cc5)cc(-c5ccc(CCCCCC)cc5)c4)cc(N4c5ccc(C)cc5Oc5cc(C)ccc54)c3)c2)cc1. The smallest absolute Gasteiger partial charge is 0.151 e. The molecule has 0 spiro atoms. The Kier molecular flexibility index (Phi) is 20.1. The summed E-state index contributed by atoms with van der Waals surface area (Å²) in [5, 5.41) is 0. The lowest BCUT2D eigenvalue weighted by Gasteiger charge is -2.34. The number of nitrogens with zero attached hydrogens (tertiary/aromatic N) is 1. The van der Waals surface area contributed by atoms with Crippen molar-refractivity contribution in [2.45, 2.75) is 170 Å². The lowest BCUT2D eigenvalue weighted by molar-refractivity contribution is 0.476. The topological polar surface area (TPSA) is 12.5 Å². The van der Waals surface area contributed by atoms with Crippen LogP contribution in [0.3, 0.4) is 0 Å². The Morgan fingerprint density at radius 2 is 0.512 bits per heavy atom. The molecule has 0 fully saturated rings. The van der Waals surface area contributed by atoms with E-state index in [1.807, 2.05) is 0 Å². The Balaban J connectivity index is 1.15. The molecular weight excluding hydrogens is 991 g/mol. The predicted molar refractivity (Wildman–Crippen MR) is 355 cm³/mol. The predicted octanol–water partition coefficient (Wildman–Crippen LogP) is 24.4. The number of benzene rings is 9. The van der Waals surface area contributed by atoms with Gasteiger partial charge in [-0.3, -0.25) is 0 Å². The van der Waals surface area contributed by atoms with Gasteiger partial charge in [0.1, 0.15) is 0 Å². The van der Waals surface area contributed by atoms with Crippen molar-refractivity contribution in [1.82, 2.24) is 0 Å². The van der Waals surface area contributed by atoms with Gasteiger partial charge in [0.15, 0.2) is 11.5 Å². The molecule has 0 bridgehead atoms. The van der Waals surface area contributed by atoms with Gasteiger partial charge in [0.05, 0.1) is 11.4 Å². The number of rotatable bonds is 27. The van der Waals surface area contributed by atoms with Gasteiger partial charge >= 0.3 is 0 Å². The van der Waals surface area contributed by atoms with Crippen LogP contribution in [0.1, 0.15) is 164 Å². The van der Waals surface area contributed by atoms with E-state index in [9.17, 15) is 0 Å². The number of hydrogen-bond donors (Lipinski definition) is 0. The van der Waals surface area contributed by atoms with Crippen LogP contribution in [0.25, 0.3) is 66.8 Å². The fraction of sp³-hybridized carbons (Fsp3) is 0.325. The molecule has 0 atom stereocenters. The van der Waals surface area contributed by atoms with Gasteiger partial charge in [-0.15, -0.1) is 0 Å². The van der Waals surface area contributed by atoms with Gasteiger partial charge in [-0.1, -0.05) is 214 Å². The molecule has 0 saturated heterocycles. The van der Waals surface area contributed by atoms with Crippen LogP contribution in [0.4, 0.5) is 17.1 Å². The van der Waals surface area contributed by atoms with E-state index < -0.39 is 0 Å².